The second-order valence-corrected chi connectivity index (χ2v) is 6.85. The van der Waals surface area contributed by atoms with E-state index in [-0.39, 0.29) is 0 Å². The SMILES string of the molecule is CCOc1ccc2nc(NCCC(C)(C)C)sc2c1. The first-order valence-corrected chi connectivity index (χ1v) is 7.57. The summed E-state index contributed by atoms with van der Waals surface area (Å²) in [6.07, 6.45) is 1.13. The zero-order valence-electron chi connectivity index (χ0n) is 12.1. The van der Waals surface area contributed by atoms with Crippen LogP contribution < -0.4 is 10.1 Å². The summed E-state index contributed by atoms with van der Waals surface area (Å²) in [6, 6.07) is 6.06. The highest BCUT2D eigenvalue weighted by Gasteiger charge is 2.10. The number of ether oxygens (including phenoxy) is 1. The Bertz CT molecular complexity index is 543. The lowest BCUT2D eigenvalue weighted by atomic mass is 9.92. The average molecular weight is 278 g/mol. The molecule has 0 spiro atoms. The van der Waals surface area contributed by atoms with Crippen LogP contribution in [0.1, 0.15) is 34.1 Å². The van der Waals surface area contributed by atoms with Crippen molar-refractivity contribution in [2.75, 3.05) is 18.5 Å². The van der Waals surface area contributed by atoms with Gasteiger partial charge in [-0.05, 0) is 37.0 Å². The van der Waals surface area contributed by atoms with E-state index in [4.69, 9.17) is 4.74 Å². The molecule has 3 nitrogen and oxygen atoms in total. The molecule has 1 N–H and O–H groups in total. The third-order valence-electron chi connectivity index (χ3n) is 2.82. The van der Waals surface area contributed by atoms with E-state index in [2.05, 4.69) is 37.1 Å². The van der Waals surface area contributed by atoms with Crippen molar-refractivity contribution in [1.29, 1.82) is 0 Å². The molecule has 0 unspecified atom stereocenters. The second-order valence-electron chi connectivity index (χ2n) is 5.82. The molecule has 0 atom stereocenters. The summed E-state index contributed by atoms with van der Waals surface area (Å²) in [5.74, 6) is 0.917. The first kappa shape index (κ1) is 14.1. The molecular weight excluding hydrogens is 256 g/mol. The third-order valence-corrected chi connectivity index (χ3v) is 3.80. The molecule has 19 heavy (non-hydrogen) atoms. The molecule has 0 aliphatic carbocycles. The molecule has 1 heterocycles. The molecular formula is C15H22N2OS. The minimum absolute atomic E-state index is 0.353. The summed E-state index contributed by atoms with van der Waals surface area (Å²) in [5, 5.41) is 4.40. The number of aromatic nitrogens is 1. The summed E-state index contributed by atoms with van der Waals surface area (Å²) in [6.45, 7) is 10.4. The van der Waals surface area contributed by atoms with Crippen molar-refractivity contribution in [2.45, 2.75) is 34.1 Å². The molecule has 1 aromatic heterocycles. The van der Waals surface area contributed by atoms with E-state index in [1.165, 1.54) is 4.70 Å². The van der Waals surface area contributed by atoms with Crippen LogP contribution in [-0.4, -0.2) is 18.1 Å². The van der Waals surface area contributed by atoms with Gasteiger partial charge in [0.25, 0.3) is 0 Å². The normalized spacial score (nSPS) is 11.8. The van der Waals surface area contributed by atoms with Crippen LogP contribution in [0.2, 0.25) is 0 Å². The Morgan fingerprint density at radius 2 is 2.11 bits per heavy atom. The van der Waals surface area contributed by atoms with Gasteiger partial charge in [-0.2, -0.15) is 0 Å². The van der Waals surface area contributed by atoms with Gasteiger partial charge in [0.2, 0.25) is 0 Å². The molecule has 0 saturated carbocycles. The van der Waals surface area contributed by atoms with E-state index in [1.54, 1.807) is 11.3 Å². The highest BCUT2D eigenvalue weighted by atomic mass is 32.1. The number of fused-ring (bicyclic) bond motifs is 1. The first-order valence-electron chi connectivity index (χ1n) is 6.75. The van der Waals surface area contributed by atoms with Crippen LogP contribution in [-0.2, 0) is 0 Å². The molecule has 2 aromatic rings. The van der Waals surface area contributed by atoms with Crippen LogP contribution in [0, 0.1) is 5.41 Å². The van der Waals surface area contributed by atoms with Crippen molar-refractivity contribution in [3.63, 3.8) is 0 Å². The van der Waals surface area contributed by atoms with Gasteiger partial charge in [0, 0.05) is 6.54 Å². The van der Waals surface area contributed by atoms with Crippen molar-refractivity contribution in [3.05, 3.63) is 18.2 Å². The maximum atomic E-state index is 5.51. The Kier molecular flexibility index (Phi) is 4.30. The van der Waals surface area contributed by atoms with Crippen LogP contribution in [0.25, 0.3) is 10.2 Å². The van der Waals surface area contributed by atoms with Crippen LogP contribution in [0.5, 0.6) is 5.75 Å². The van der Waals surface area contributed by atoms with E-state index < -0.39 is 0 Å². The third kappa shape index (κ3) is 4.10. The lowest BCUT2D eigenvalue weighted by Gasteiger charge is -2.17. The van der Waals surface area contributed by atoms with Crippen molar-refractivity contribution < 1.29 is 4.74 Å². The summed E-state index contributed by atoms with van der Waals surface area (Å²) >= 11 is 1.69. The standard InChI is InChI=1S/C15H22N2OS/c1-5-18-11-6-7-12-13(10-11)19-14(17-12)16-9-8-15(2,3)4/h6-7,10H,5,8-9H2,1-4H3,(H,16,17). The Morgan fingerprint density at radius 1 is 1.32 bits per heavy atom. The van der Waals surface area contributed by atoms with Crippen LogP contribution in [0.3, 0.4) is 0 Å². The summed E-state index contributed by atoms with van der Waals surface area (Å²) in [5.41, 5.74) is 1.39. The van der Waals surface area contributed by atoms with E-state index in [0.717, 1.165) is 29.4 Å². The molecule has 0 amide bonds. The minimum atomic E-state index is 0.353. The van der Waals surface area contributed by atoms with Gasteiger partial charge in [-0.1, -0.05) is 32.1 Å². The van der Waals surface area contributed by atoms with Crippen molar-refractivity contribution in [3.8, 4) is 5.75 Å². The van der Waals surface area contributed by atoms with E-state index in [1.807, 2.05) is 19.1 Å². The number of hydrogen-bond acceptors (Lipinski definition) is 4. The van der Waals surface area contributed by atoms with E-state index >= 15 is 0 Å². The highest BCUT2D eigenvalue weighted by Crippen LogP contribution is 2.29. The summed E-state index contributed by atoms with van der Waals surface area (Å²) < 4.78 is 6.68. The maximum absolute atomic E-state index is 5.51. The zero-order chi connectivity index (χ0) is 13.9. The summed E-state index contributed by atoms with van der Waals surface area (Å²) in [4.78, 5) is 4.59. The molecule has 0 aliphatic heterocycles. The largest absolute Gasteiger partial charge is 0.494 e. The fourth-order valence-corrected chi connectivity index (χ4v) is 2.70. The lowest BCUT2D eigenvalue weighted by Crippen LogP contribution is -2.12. The Labute approximate surface area is 119 Å². The van der Waals surface area contributed by atoms with Crippen LogP contribution >= 0.6 is 11.3 Å². The number of hydrogen-bond donors (Lipinski definition) is 1. The Hall–Kier alpha value is -1.29. The number of nitrogens with one attached hydrogen (secondary N) is 1. The minimum Gasteiger partial charge on any atom is -0.494 e. The van der Waals surface area contributed by atoms with Gasteiger partial charge in [-0.3, -0.25) is 0 Å². The van der Waals surface area contributed by atoms with Gasteiger partial charge < -0.3 is 10.1 Å². The van der Waals surface area contributed by atoms with Gasteiger partial charge >= 0.3 is 0 Å². The maximum Gasteiger partial charge on any atom is 0.183 e. The number of anilines is 1. The number of benzene rings is 1. The van der Waals surface area contributed by atoms with E-state index in [0.29, 0.717) is 12.0 Å². The van der Waals surface area contributed by atoms with Gasteiger partial charge in [0.05, 0.1) is 16.8 Å². The van der Waals surface area contributed by atoms with Gasteiger partial charge in [-0.25, -0.2) is 4.98 Å². The first-order chi connectivity index (χ1) is 8.98. The van der Waals surface area contributed by atoms with E-state index in [9.17, 15) is 0 Å². The molecule has 104 valence electrons. The smallest absolute Gasteiger partial charge is 0.183 e. The topological polar surface area (TPSA) is 34.1 Å². The average Bonchev–Trinajstić information content (AvgIpc) is 2.69. The number of nitrogens with zero attached hydrogens (tertiary/aromatic N) is 1. The zero-order valence-corrected chi connectivity index (χ0v) is 12.9. The number of rotatable bonds is 5. The summed E-state index contributed by atoms with van der Waals surface area (Å²) in [7, 11) is 0. The second kappa shape index (κ2) is 5.78. The number of thiazole rings is 1. The Balaban J connectivity index is 2.04. The Morgan fingerprint density at radius 3 is 2.79 bits per heavy atom. The van der Waals surface area contributed by atoms with Crippen molar-refractivity contribution >= 4 is 26.7 Å². The molecule has 0 aliphatic rings. The van der Waals surface area contributed by atoms with Gasteiger partial charge in [0.15, 0.2) is 5.13 Å². The molecule has 4 heteroatoms. The predicted octanol–water partition coefficient (Wildman–Crippen LogP) is 4.54. The van der Waals surface area contributed by atoms with Crippen LogP contribution in [0.15, 0.2) is 18.2 Å². The molecule has 0 fully saturated rings. The molecule has 0 radical (unpaired) electrons. The fraction of sp³-hybridized carbons (Fsp3) is 0.533. The van der Waals surface area contributed by atoms with Gasteiger partial charge in [-0.15, -0.1) is 0 Å². The molecule has 0 saturated heterocycles. The highest BCUT2D eigenvalue weighted by molar-refractivity contribution is 7.22. The lowest BCUT2D eigenvalue weighted by molar-refractivity contribution is 0.341. The van der Waals surface area contributed by atoms with Crippen LogP contribution in [0.4, 0.5) is 5.13 Å². The van der Waals surface area contributed by atoms with Crippen molar-refractivity contribution in [2.24, 2.45) is 5.41 Å². The molecule has 1 aromatic carbocycles. The molecule has 0 bridgehead atoms. The quantitative estimate of drug-likeness (QED) is 0.871. The van der Waals surface area contributed by atoms with Gasteiger partial charge in [0.1, 0.15) is 5.75 Å². The molecule has 2 rings (SSSR count). The van der Waals surface area contributed by atoms with Crippen molar-refractivity contribution in [1.82, 2.24) is 4.98 Å². The fourth-order valence-electron chi connectivity index (χ4n) is 1.78. The predicted molar refractivity (Wildman–Crippen MR) is 83.4 cm³/mol. The monoisotopic (exact) mass is 278 g/mol.